The van der Waals surface area contributed by atoms with Gasteiger partial charge in [-0.1, -0.05) is 30.3 Å². The lowest BCUT2D eigenvalue weighted by Crippen LogP contribution is -2.27. The normalized spacial score (nSPS) is 10.7. The highest BCUT2D eigenvalue weighted by Gasteiger charge is 2.17. The van der Waals surface area contributed by atoms with E-state index in [0.717, 1.165) is 22.4 Å². The molecule has 0 bridgehead atoms. The monoisotopic (exact) mass is 403 g/mol. The number of carbonyl (C=O) groups is 1. The zero-order valence-corrected chi connectivity index (χ0v) is 16.7. The smallest absolute Gasteiger partial charge is 0.271 e. The van der Waals surface area contributed by atoms with Crippen LogP contribution in [0.2, 0.25) is 0 Å². The van der Waals surface area contributed by atoms with Crippen LogP contribution in [0, 0.1) is 0 Å². The van der Waals surface area contributed by atoms with Crippen LogP contribution in [0.1, 0.15) is 16.1 Å². The summed E-state index contributed by atoms with van der Waals surface area (Å²) in [4.78, 5) is 12.8. The Balaban J connectivity index is 1.55. The van der Waals surface area contributed by atoms with E-state index in [4.69, 9.17) is 9.47 Å². The molecule has 1 amide bonds. The Labute approximate surface area is 173 Å². The van der Waals surface area contributed by atoms with Gasteiger partial charge in [-0.3, -0.25) is 4.79 Å². The largest absolute Gasteiger partial charge is 0.497 e. The van der Waals surface area contributed by atoms with Crippen LogP contribution in [0.25, 0.3) is 16.8 Å². The van der Waals surface area contributed by atoms with Crippen molar-refractivity contribution in [1.82, 2.24) is 25.1 Å². The first-order valence-corrected chi connectivity index (χ1v) is 9.45. The molecule has 2 aromatic heterocycles. The van der Waals surface area contributed by atoms with Crippen molar-refractivity contribution in [2.45, 2.75) is 6.42 Å². The molecule has 30 heavy (non-hydrogen) atoms. The second-order valence-electron chi connectivity index (χ2n) is 6.60. The number of rotatable bonds is 7. The number of amides is 1. The van der Waals surface area contributed by atoms with Crippen LogP contribution in [0.3, 0.4) is 0 Å². The van der Waals surface area contributed by atoms with Gasteiger partial charge in [-0.05, 0) is 36.2 Å². The summed E-state index contributed by atoms with van der Waals surface area (Å²) >= 11 is 0. The lowest BCUT2D eigenvalue weighted by molar-refractivity contribution is 0.0948. The van der Waals surface area contributed by atoms with Crippen LogP contribution in [0.5, 0.6) is 11.5 Å². The number of hydrogen-bond acceptors (Lipinski definition) is 6. The summed E-state index contributed by atoms with van der Waals surface area (Å²) in [7, 11) is 3.24. The van der Waals surface area contributed by atoms with Crippen LogP contribution in [-0.4, -0.2) is 46.5 Å². The van der Waals surface area contributed by atoms with Crippen LogP contribution in [-0.2, 0) is 6.42 Å². The van der Waals surface area contributed by atoms with Crippen molar-refractivity contribution in [3.05, 3.63) is 72.2 Å². The van der Waals surface area contributed by atoms with Crippen molar-refractivity contribution in [3.63, 3.8) is 0 Å². The van der Waals surface area contributed by atoms with E-state index in [1.54, 1.807) is 20.3 Å². The van der Waals surface area contributed by atoms with E-state index in [-0.39, 0.29) is 11.6 Å². The molecular formula is C22H21N5O3. The third kappa shape index (κ3) is 3.93. The number of nitrogens with zero attached hydrogens (tertiary/aromatic N) is 4. The highest BCUT2D eigenvalue weighted by molar-refractivity contribution is 5.95. The number of benzene rings is 2. The number of methoxy groups -OCH3 is 2. The Morgan fingerprint density at radius 2 is 1.83 bits per heavy atom. The summed E-state index contributed by atoms with van der Waals surface area (Å²) in [5.41, 5.74) is 3.47. The Morgan fingerprint density at radius 1 is 1.03 bits per heavy atom. The van der Waals surface area contributed by atoms with E-state index in [1.165, 1.54) is 10.8 Å². The zero-order chi connectivity index (χ0) is 20.9. The fraction of sp³-hybridized carbons (Fsp3) is 0.182. The molecule has 4 aromatic rings. The van der Waals surface area contributed by atoms with Gasteiger partial charge in [-0.15, -0.1) is 10.2 Å². The fourth-order valence-corrected chi connectivity index (χ4v) is 3.21. The maximum absolute atomic E-state index is 12.8. The van der Waals surface area contributed by atoms with Crippen molar-refractivity contribution in [3.8, 4) is 22.6 Å². The second kappa shape index (κ2) is 8.60. The molecule has 0 spiro atoms. The number of carbonyl (C=O) groups excluding carboxylic acids is 1. The minimum absolute atomic E-state index is 0.268. The summed E-state index contributed by atoms with van der Waals surface area (Å²) in [6.45, 7) is 0.483. The third-order valence-electron chi connectivity index (χ3n) is 4.76. The zero-order valence-electron chi connectivity index (χ0n) is 16.7. The molecule has 0 aliphatic rings. The van der Waals surface area contributed by atoms with Gasteiger partial charge in [0.05, 0.1) is 14.2 Å². The number of hydrogen-bond donors (Lipinski definition) is 1. The van der Waals surface area contributed by atoms with Crippen molar-refractivity contribution in [2.75, 3.05) is 20.8 Å². The maximum Gasteiger partial charge on any atom is 0.271 e. The molecule has 2 heterocycles. The molecule has 8 nitrogen and oxygen atoms in total. The molecule has 0 aliphatic carbocycles. The minimum atomic E-state index is -0.268. The third-order valence-corrected chi connectivity index (χ3v) is 4.76. The number of fused-ring (bicyclic) bond motifs is 1. The predicted octanol–water partition coefficient (Wildman–Crippen LogP) is 2.78. The fourth-order valence-electron chi connectivity index (χ4n) is 3.21. The van der Waals surface area contributed by atoms with E-state index in [2.05, 4.69) is 20.6 Å². The molecule has 0 unspecified atom stereocenters. The molecule has 0 aliphatic heterocycles. The average molecular weight is 403 g/mol. The Bertz CT molecular complexity index is 1170. The van der Waals surface area contributed by atoms with E-state index >= 15 is 0 Å². The van der Waals surface area contributed by atoms with Crippen LogP contribution in [0.4, 0.5) is 0 Å². The lowest BCUT2D eigenvalue weighted by atomic mass is 10.1. The number of para-hydroxylation sites is 1. The van der Waals surface area contributed by atoms with Gasteiger partial charge in [0.25, 0.3) is 5.91 Å². The molecule has 1 N–H and O–H groups in total. The minimum Gasteiger partial charge on any atom is -0.497 e. The van der Waals surface area contributed by atoms with Crippen LogP contribution in [0.15, 0.2) is 60.9 Å². The topological polar surface area (TPSA) is 90.6 Å². The summed E-state index contributed by atoms with van der Waals surface area (Å²) in [6, 6.07) is 17.0. The second-order valence-corrected chi connectivity index (χ2v) is 6.60. The van der Waals surface area contributed by atoms with Gasteiger partial charge in [0.1, 0.15) is 23.5 Å². The lowest BCUT2D eigenvalue weighted by Gasteiger charge is -2.11. The average Bonchev–Trinajstić information content (AvgIpc) is 3.27. The SMILES string of the molecule is COc1ccc(CCNC(=O)c2cc(-c3ccccc3OC)c3nncn3n2)cc1. The van der Waals surface area contributed by atoms with Crippen LogP contribution < -0.4 is 14.8 Å². The van der Waals surface area contributed by atoms with E-state index in [9.17, 15) is 4.79 Å². The molecule has 0 fully saturated rings. The van der Waals surface area contributed by atoms with Crippen LogP contribution >= 0.6 is 0 Å². The molecule has 2 aromatic carbocycles. The standard InChI is InChI=1S/C22H21N5O3/c1-29-16-9-7-15(8-10-16)11-12-23-22(28)19-13-18(21-25-24-14-27(21)26-19)17-5-3-4-6-20(17)30-2/h3-10,13-14H,11-12H2,1-2H3,(H,23,28). The summed E-state index contributed by atoms with van der Waals surface area (Å²) in [5.74, 6) is 1.22. The molecule has 8 heteroatoms. The number of ether oxygens (including phenoxy) is 2. The molecule has 0 saturated carbocycles. The van der Waals surface area contributed by atoms with Crippen molar-refractivity contribution in [1.29, 1.82) is 0 Å². The van der Waals surface area contributed by atoms with Gasteiger partial charge >= 0.3 is 0 Å². The number of aromatic nitrogens is 4. The van der Waals surface area contributed by atoms with Crippen molar-refractivity contribution >= 4 is 11.6 Å². The molecule has 0 saturated heterocycles. The number of nitrogens with one attached hydrogen (secondary N) is 1. The highest BCUT2D eigenvalue weighted by atomic mass is 16.5. The first-order chi connectivity index (χ1) is 14.7. The Kier molecular flexibility index (Phi) is 5.56. The predicted molar refractivity (Wildman–Crippen MR) is 112 cm³/mol. The maximum atomic E-state index is 12.8. The van der Waals surface area contributed by atoms with Gasteiger partial charge in [0.2, 0.25) is 0 Å². The van der Waals surface area contributed by atoms with Gasteiger partial charge in [-0.2, -0.15) is 9.61 Å². The van der Waals surface area contributed by atoms with Crippen molar-refractivity contribution in [2.24, 2.45) is 0 Å². The van der Waals surface area contributed by atoms with Gasteiger partial charge in [0, 0.05) is 17.7 Å². The molecule has 4 rings (SSSR count). The molecule has 152 valence electrons. The molecular weight excluding hydrogens is 382 g/mol. The Hall–Kier alpha value is -3.94. The first kappa shape index (κ1) is 19.4. The Morgan fingerprint density at radius 3 is 2.60 bits per heavy atom. The summed E-state index contributed by atoms with van der Waals surface area (Å²) < 4.78 is 12.1. The van der Waals surface area contributed by atoms with Gasteiger partial charge in [-0.25, -0.2) is 0 Å². The summed E-state index contributed by atoms with van der Waals surface area (Å²) in [5, 5.41) is 15.3. The van der Waals surface area contributed by atoms with E-state index in [1.807, 2.05) is 48.5 Å². The first-order valence-electron chi connectivity index (χ1n) is 9.45. The van der Waals surface area contributed by atoms with Gasteiger partial charge in [0.15, 0.2) is 5.65 Å². The van der Waals surface area contributed by atoms with Crippen molar-refractivity contribution < 1.29 is 14.3 Å². The van der Waals surface area contributed by atoms with E-state index < -0.39 is 0 Å². The molecule has 0 atom stereocenters. The van der Waals surface area contributed by atoms with E-state index in [0.29, 0.717) is 24.4 Å². The van der Waals surface area contributed by atoms with Gasteiger partial charge < -0.3 is 14.8 Å². The highest BCUT2D eigenvalue weighted by Crippen LogP contribution is 2.32. The quantitative estimate of drug-likeness (QED) is 0.510. The summed E-state index contributed by atoms with van der Waals surface area (Å²) in [6.07, 6.45) is 2.17. The molecule has 0 radical (unpaired) electrons.